The molecule has 0 aromatic carbocycles. The smallest absolute Gasteiger partial charge is 0.134 e. The van der Waals surface area contributed by atoms with Crippen LogP contribution in [0, 0.1) is 0 Å². The molecule has 0 radical (unpaired) electrons. The molecule has 0 fully saturated rings. The van der Waals surface area contributed by atoms with E-state index < -0.39 is 0 Å². The zero-order valence-electron chi connectivity index (χ0n) is 11.0. The van der Waals surface area contributed by atoms with Crippen LogP contribution < -0.4 is 4.74 Å². The topological polar surface area (TPSA) is 9.23 Å². The lowest BCUT2D eigenvalue weighted by molar-refractivity contribution is 0.413. The van der Waals surface area contributed by atoms with Gasteiger partial charge in [0.15, 0.2) is 0 Å². The Labute approximate surface area is 121 Å². The second kappa shape index (κ2) is 5.24. The predicted octanol–water partition coefficient (Wildman–Crippen LogP) is 5.44. The summed E-state index contributed by atoms with van der Waals surface area (Å²) in [7, 11) is 1.68. The first-order chi connectivity index (χ1) is 8.43. The average Bonchev–Trinajstić information content (AvgIpc) is 2.96. The molecule has 0 bridgehead atoms. The zero-order chi connectivity index (χ0) is 13.3. The van der Waals surface area contributed by atoms with E-state index in [1.54, 1.807) is 29.8 Å². The van der Waals surface area contributed by atoms with Gasteiger partial charge in [0.1, 0.15) is 11.1 Å². The van der Waals surface area contributed by atoms with Crippen molar-refractivity contribution in [3.8, 4) is 5.75 Å². The number of thiophene rings is 2. The van der Waals surface area contributed by atoms with Crippen molar-refractivity contribution in [2.24, 2.45) is 0 Å². The molecule has 1 nitrogen and oxygen atoms in total. The monoisotopic (exact) mass is 300 g/mol. The first kappa shape index (κ1) is 13.9. The van der Waals surface area contributed by atoms with Gasteiger partial charge in [-0.05, 0) is 29.0 Å². The maximum atomic E-state index is 6.56. The summed E-state index contributed by atoms with van der Waals surface area (Å²) in [6, 6.07) is 6.27. The molecule has 0 N–H and O–H groups in total. The lowest BCUT2D eigenvalue weighted by atomic mass is 9.95. The summed E-state index contributed by atoms with van der Waals surface area (Å²) in [5.74, 6) is 0.880. The van der Waals surface area contributed by atoms with Gasteiger partial charge in [-0.3, -0.25) is 0 Å². The summed E-state index contributed by atoms with van der Waals surface area (Å²) >= 11 is 9.99. The van der Waals surface area contributed by atoms with Gasteiger partial charge in [-0.2, -0.15) is 0 Å². The Kier molecular flexibility index (Phi) is 4.05. The number of methoxy groups -OCH3 is 1. The van der Waals surface area contributed by atoms with Crippen LogP contribution in [0.1, 0.15) is 40.8 Å². The largest absolute Gasteiger partial charge is 0.496 e. The molecule has 0 spiro atoms. The molecule has 1 atom stereocenters. The minimum absolute atomic E-state index is 0.110. The highest BCUT2D eigenvalue weighted by Gasteiger charge is 2.22. The fourth-order valence-corrected chi connectivity index (χ4v) is 4.13. The minimum atomic E-state index is -0.110. The van der Waals surface area contributed by atoms with Crippen LogP contribution in [0.15, 0.2) is 23.6 Å². The van der Waals surface area contributed by atoms with Gasteiger partial charge in [-0.25, -0.2) is 0 Å². The third kappa shape index (κ3) is 2.73. The van der Waals surface area contributed by atoms with E-state index in [0.717, 1.165) is 10.6 Å². The van der Waals surface area contributed by atoms with Gasteiger partial charge in [0.2, 0.25) is 0 Å². The van der Waals surface area contributed by atoms with Gasteiger partial charge in [0, 0.05) is 9.75 Å². The van der Waals surface area contributed by atoms with Gasteiger partial charge in [0.25, 0.3) is 0 Å². The molecule has 1 unspecified atom stereocenters. The van der Waals surface area contributed by atoms with Crippen molar-refractivity contribution < 1.29 is 4.74 Å². The average molecular weight is 301 g/mol. The van der Waals surface area contributed by atoms with Crippen LogP contribution >= 0.6 is 34.3 Å². The lowest BCUT2D eigenvalue weighted by Gasteiger charge is -2.15. The highest BCUT2D eigenvalue weighted by molar-refractivity contribution is 7.13. The van der Waals surface area contributed by atoms with E-state index in [9.17, 15) is 0 Å². The van der Waals surface area contributed by atoms with Crippen LogP contribution in [0.2, 0.25) is 0 Å². The Bertz CT molecular complexity index is 522. The third-order valence-electron chi connectivity index (χ3n) is 2.72. The van der Waals surface area contributed by atoms with Crippen LogP contribution in [0.4, 0.5) is 0 Å². The van der Waals surface area contributed by atoms with E-state index in [-0.39, 0.29) is 10.8 Å². The van der Waals surface area contributed by atoms with Crippen molar-refractivity contribution >= 4 is 34.3 Å². The summed E-state index contributed by atoms with van der Waals surface area (Å²) in [5.41, 5.74) is 0.180. The molecule has 0 aliphatic rings. The molecule has 2 aromatic rings. The highest BCUT2D eigenvalue weighted by atomic mass is 35.5. The lowest BCUT2D eigenvalue weighted by Crippen LogP contribution is -2.07. The van der Waals surface area contributed by atoms with Crippen molar-refractivity contribution in [1.82, 2.24) is 0 Å². The third-order valence-corrected chi connectivity index (χ3v) is 5.97. The Morgan fingerprint density at radius 1 is 1.22 bits per heavy atom. The number of hydrogen-bond acceptors (Lipinski definition) is 3. The van der Waals surface area contributed by atoms with Crippen molar-refractivity contribution in [2.75, 3.05) is 7.11 Å². The second-order valence-corrected chi connectivity index (χ2v) is 7.67. The van der Waals surface area contributed by atoms with Crippen molar-refractivity contribution in [1.29, 1.82) is 0 Å². The van der Waals surface area contributed by atoms with Crippen molar-refractivity contribution in [3.05, 3.63) is 38.2 Å². The summed E-state index contributed by atoms with van der Waals surface area (Å²) < 4.78 is 5.33. The molecule has 2 rings (SSSR count). The van der Waals surface area contributed by atoms with Crippen LogP contribution in [-0.4, -0.2) is 7.11 Å². The van der Waals surface area contributed by atoms with Crippen LogP contribution in [0.5, 0.6) is 5.75 Å². The molecular weight excluding hydrogens is 284 g/mol. The summed E-state index contributed by atoms with van der Waals surface area (Å²) in [6.45, 7) is 6.66. The van der Waals surface area contributed by atoms with Crippen LogP contribution in [-0.2, 0) is 5.41 Å². The number of alkyl halides is 1. The standard InChI is InChI=1S/C14H17ClOS2/c1-14(2,3)11-6-5-10(18-11)12(15)13-9(16-4)7-8-17-13/h5-8,12H,1-4H3. The highest BCUT2D eigenvalue weighted by Crippen LogP contribution is 2.42. The number of hydrogen-bond donors (Lipinski definition) is 0. The Morgan fingerprint density at radius 3 is 2.50 bits per heavy atom. The molecule has 0 aliphatic heterocycles. The molecule has 4 heteroatoms. The van der Waals surface area contributed by atoms with Gasteiger partial charge >= 0.3 is 0 Å². The van der Waals surface area contributed by atoms with E-state index in [2.05, 4.69) is 32.9 Å². The van der Waals surface area contributed by atoms with E-state index in [4.69, 9.17) is 16.3 Å². The molecule has 0 aliphatic carbocycles. The fourth-order valence-electron chi connectivity index (χ4n) is 1.68. The van der Waals surface area contributed by atoms with Crippen LogP contribution in [0.25, 0.3) is 0 Å². The van der Waals surface area contributed by atoms with Gasteiger partial charge in [-0.1, -0.05) is 20.8 Å². The molecule has 0 saturated heterocycles. The maximum Gasteiger partial charge on any atom is 0.134 e. The molecule has 0 saturated carbocycles. The molecule has 18 heavy (non-hydrogen) atoms. The van der Waals surface area contributed by atoms with Crippen molar-refractivity contribution in [2.45, 2.75) is 31.6 Å². The molecule has 98 valence electrons. The number of ether oxygens (including phenoxy) is 1. The first-order valence-corrected chi connectivity index (χ1v) is 7.92. The first-order valence-electron chi connectivity index (χ1n) is 5.79. The quantitative estimate of drug-likeness (QED) is 0.685. The van der Waals surface area contributed by atoms with E-state index in [0.29, 0.717) is 0 Å². The Balaban J connectivity index is 2.29. The fraction of sp³-hybridized carbons (Fsp3) is 0.429. The van der Waals surface area contributed by atoms with Crippen LogP contribution in [0.3, 0.4) is 0 Å². The summed E-state index contributed by atoms with van der Waals surface area (Å²) in [5, 5.41) is 1.91. The molecule has 2 aromatic heterocycles. The van der Waals surface area contributed by atoms with E-state index in [1.165, 1.54) is 9.75 Å². The SMILES string of the molecule is COc1ccsc1C(Cl)c1ccc(C(C)(C)C)s1. The molecule has 0 amide bonds. The van der Waals surface area contributed by atoms with Gasteiger partial charge in [-0.15, -0.1) is 34.3 Å². The number of halogens is 1. The van der Waals surface area contributed by atoms with Gasteiger partial charge in [0.05, 0.1) is 12.0 Å². The van der Waals surface area contributed by atoms with Crippen molar-refractivity contribution in [3.63, 3.8) is 0 Å². The minimum Gasteiger partial charge on any atom is -0.496 e. The molecule has 2 heterocycles. The predicted molar refractivity (Wildman–Crippen MR) is 81.6 cm³/mol. The van der Waals surface area contributed by atoms with Gasteiger partial charge < -0.3 is 4.74 Å². The second-order valence-electron chi connectivity index (χ2n) is 5.17. The Morgan fingerprint density at radius 2 is 1.94 bits per heavy atom. The van der Waals surface area contributed by atoms with E-state index in [1.807, 2.05) is 11.4 Å². The Hall–Kier alpha value is -0.510. The summed E-state index contributed by atoms with van der Waals surface area (Å²) in [4.78, 5) is 3.63. The molecular formula is C14H17ClOS2. The summed E-state index contributed by atoms with van der Waals surface area (Å²) in [6.07, 6.45) is 0. The van der Waals surface area contributed by atoms with E-state index >= 15 is 0 Å². The number of rotatable bonds is 3. The zero-order valence-corrected chi connectivity index (χ0v) is 13.4. The normalized spacial score (nSPS) is 13.6. The maximum absolute atomic E-state index is 6.56.